The van der Waals surface area contributed by atoms with Crippen LogP contribution in [0.3, 0.4) is 0 Å². The Labute approximate surface area is 99.0 Å². The van der Waals surface area contributed by atoms with Crippen LogP contribution in [0.15, 0.2) is 35.9 Å². The van der Waals surface area contributed by atoms with Crippen molar-refractivity contribution in [3.05, 3.63) is 47.0 Å². The molecule has 2 heterocycles. The molecule has 2 aliphatic heterocycles. The van der Waals surface area contributed by atoms with Crippen molar-refractivity contribution in [2.24, 2.45) is 11.8 Å². The summed E-state index contributed by atoms with van der Waals surface area (Å²) in [6, 6.07) is 8.35. The van der Waals surface area contributed by atoms with Crippen molar-refractivity contribution in [2.45, 2.75) is 12.2 Å². The van der Waals surface area contributed by atoms with E-state index in [1.54, 1.807) is 6.08 Å². The van der Waals surface area contributed by atoms with Crippen LogP contribution < -0.4 is 0 Å². The predicted octanol–water partition coefficient (Wildman–Crippen LogP) is 2.16. The van der Waals surface area contributed by atoms with E-state index in [4.69, 9.17) is 4.74 Å². The average molecular weight is 228 g/mol. The Morgan fingerprint density at radius 1 is 1.24 bits per heavy atom. The molecule has 17 heavy (non-hydrogen) atoms. The first-order chi connectivity index (χ1) is 8.31. The Morgan fingerprint density at radius 3 is 2.35 bits per heavy atom. The Morgan fingerprint density at radius 2 is 1.82 bits per heavy atom. The van der Waals surface area contributed by atoms with Crippen molar-refractivity contribution in [2.75, 3.05) is 7.11 Å². The van der Waals surface area contributed by atoms with Crippen LogP contribution in [0.2, 0.25) is 0 Å². The van der Waals surface area contributed by atoms with Gasteiger partial charge in [0.2, 0.25) is 0 Å². The van der Waals surface area contributed by atoms with Gasteiger partial charge in [-0.25, -0.2) is 4.79 Å². The van der Waals surface area contributed by atoms with Crippen molar-refractivity contribution in [3.8, 4) is 0 Å². The van der Waals surface area contributed by atoms with Gasteiger partial charge in [0.1, 0.15) is 0 Å². The summed E-state index contributed by atoms with van der Waals surface area (Å²) in [5.74, 6) is 0.570. The molecule has 2 bridgehead atoms. The van der Waals surface area contributed by atoms with E-state index in [9.17, 15) is 4.79 Å². The van der Waals surface area contributed by atoms with Crippen LogP contribution in [0.25, 0.3) is 0 Å². The maximum absolute atomic E-state index is 11.3. The van der Waals surface area contributed by atoms with Crippen molar-refractivity contribution in [1.82, 2.24) is 0 Å². The van der Waals surface area contributed by atoms with Crippen molar-refractivity contribution >= 4 is 5.97 Å². The maximum atomic E-state index is 11.3. The fourth-order valence-corrected chi connectivity index (χ4v) is 3.33. The smallest absolute Gasteiger partial charge is 0.330 e. The Kier molecular flexibility index (Phi) is 1.66. The molecule has 1 aromatic carbocycles. The minimum atomic E-state index is -0.252. The van der Waals surface area contributed by atoms with E-state index in [-0.39, 0.29) is 18.2 Å². The molecule has 0 N–H and O–H groups in total. The first kappa shape index (κ1) is 9.42. The lowest BCUT2D eigenvalue weighted by molar-refractivity contribution is -0.134. The van der Waals surface area contributed by atoms with Crippen molar-refractivity contribution < 1.29 is 14.3 Å². The SMILES string of the molecule is COC(=O)C=C1C2C3OC(c4ccccc43)C12. The quantitative estimate of drug-likeness (QED) is 0.546. The van der Waals surface area contributed by atoms with Gasteiger partial charge < -0.3 is 9.47 Å². The van der Waals surface area contributed by atoms with Gasteiger partial charge in [-0.2, -0.15) is 0 Å². The molecule has 0 aromatic heterocycles. The number of hydrogen-bond acceptors (Lipinski definition) is 3. The normalized spacial score (nSPS) is 35.2. The summed E-state index contributed by atoms with van der Waals surface area (Å²) in [6.07, 6.45) is 1.97. The molecule has 1 aliphatic carbocycles. The summed E-state index contributed by atoms with van der Waals surface area (Å²) >= 11 is 0. The lowest BCUT2D eigenvalue weighted by Crippen LogP contribution is -1.99. The molecule has 3 aliphatic rings. The highest BCUT2D eigenvalue weighted by atomic mass is 16.5. The molecular formula is C14H12O3. The van der Waals surface area contributed by atoms with Gasteiger partial charge in [-0.05, 0) is 16.7 Å². The molecule has 0 spiro atoms. The number of hydrogen-bond donors (Lipinski definition) is 0. The van der Waals surface area contributed by atoms with Crippen LogP contribution in [-0.2, 0) is 14.3 Å². The first-order valence-electron chi connectivity index (χ1n) is 5.85. The maximum Gasteiger partial charge on any atom is 0.330 e. The average Bonchev–Trinajstić information content (AvgIpc) is 2.79. The molecule has 86 valence electrons. The molecule has 4 unspecified atom stereocenters. The van der Waals surface area contributed by atoms with Gasteiger partial charge in [0.15, 0.2) is 0 Å². The van der Waals surface area contributed by atoms with Gasteiger partial charge in [-0.15, -0.1) is 0 Å². The van der Waals surface area contributed by atoms with Crippen LogP contribution in [0.5, 0.6) is 0 Å². The molecule has 0 amide bonds. The van der Waals surface area contributed by atoms with Gasteiger partial charge in [-0.1, -0.05) is 24.3 Å². The third-order valence-corrected chi connectivity index (χ3v) is 4.09. The zero-order valence-electron chi connectivity index (χ0n) is 9.42. The van der Waals surface area contributed by atoms with Crippen LogP contribution in [0.1, 0.15) is 23.3 Å². The molecule has 1 aromatic rings. The summed E-state index contributed by atoms with van der Waals surface area (Å²) in [5.41, 5.74) is 3.80. The lowest BCUT2D eigenvalue weighted by Gasteiger charge is -2.08. The van der Waals surface area contributed by atoms with E-state index in [0.717, 1.165) is 0 Å². The number of rotatable bonds is 1. The minimum Gasteiger partial charge on any atom is -0.466 e. The fourth-order valence-electron chi connectivity index (χ4n) is 3.33. The number of carbonyl (C=O) groups excluding carboxylic acids is 1. The zero-order valence-corrected chi connectivity index (χ0v) is 9.42. The van der Waals surface area contributed by atoms with Gasteiger partial charge in [0, 0.05) is 17.9 Å². The summed E-state index contributed by atoms with van der Waals surface area (Å²) in [5, 5.41) is 0. The van der Waals surface area contributed by atoms with E-state index in [1.807, 2.05) is 12.1 Å². The second-order valence-electron chi connectivity index (χ2n) is 4.83. The summed E-state index contributed by atoms with van der Waals surface area (Å²) in [4.78, 5) is 11.3. The third-order valence-electron chi connectivity index (χ3n) is 4.09. The molecule has 1 saturated carbocycles. The zero-order chi connectivity index (χ0) is 11.6. The monoisotopic (exact) mass is 228 g/mol. The second-order valence-corrected chi connectivity index (χ2v) is 4.83. The number of esters is 1. The van der Waals surface area contributed by atoms with Crippen LogP contribution in [0.4, 0.5) is 0 Å². The highest BCUT2D eigenvalue weighted by Gasteiger charge is 2.65. The van der Waals surface area contributed by atoms with E-state index in [1.165, 1.54) is 23.8 Å². The third kappa shape index (κ3) is 1.07. The van der Waals surface area contributed by atoms with E-state index in [2.05, 4.69) is 16.9 Å². The standard InChI is InChI=1S/C14H12O3/c1-16-10(15)6-9-11-12(9)14-8-5-3-2-4-7(8)13(11)17-14/h2-6,11-14H,1H3. The van der Waals surface area contributed by atoms with Crippen LogP contribution >= 0.6 is 0 Å². The number of benzene rings is 1. The minimum absolute atomic E-state index is 0.164. The van der Waals surface area contributed by atoms with E-state index >= 15 is 0 Å². The molecule has 0 radical (unpaired) electrons. The summed E-state index contributed by atoms with van der Waals surface area (Å²) in [7, 11) is 1.41. The summed E-state index contributed by atoms with van der Waals surface area (Å²) in [6.45, 7) is 0. The molecule has 3 heteroatoms. The largest absolute Gasteiger partial charge is 0.466 e. The Balaban J connectivity index is 1.72. The molecule has 3 nitrogen and oxygen atoms in total. The first-order valence-corrected chi connectivity index (χ1v) is 5.85. The van der Waals surface area contributed by atoms with Gasteiger partial charge in [0.25, 0.3) is 0 Å². The molecule has 4 rings (SSSR count). The topological polar surface area (TPSA) is 35.5 Å². The molecular weight excluding hydrogens is 216 g/mol. The molecule has 1 saturated heterocycles. The van der Waals surface area contributed by atoms with Gasteiger partial charge in [-0.3, -0.25) is 0 Å². The predicted molar refractivity (Wildman–Crippen MR) is 60.1 cm³/mol. The van der Waals surface area contributed by atoms with E-state index in [0.29, 0.717) is 11.8 Å². The van der Waals surface area contributed by atoms with Gasteiger partial charge >= 0.3 is 5.97 Å². The van der Waals surface area contributed by atoms with Gasteiger partial charge in [0.05, 0.1) is 19.3 Å². The lowest BCUT2D eigenvalue weighted by atomic mass is 9.92. The number of methoxy groups -OCH3 is 1. The fraction of sp³-hybridized carbons (Fsp3) is 0.357. The summed E-state index contributed by atoms with van der Waals surface area (Å²) < 4.78 is 10.6. The van der Waals surface area contributed by atoms with Crippen LogP contribution in [0, 0.1) is 11.8 Å². The number of carbonyl (C=O) groups is 1. The molecule has 2 fully saturated rings. The molecule has 4 atom stereocenters. The van der Waals surface area contributed by atoms with Crippen LogP contribution in [-0.4, -0.2) is 13.1 Å². The Hall–Kier alpha value is -1.61. The van der Waals surface area contributed by atoms with Crippen molar-refractivity contribution in [1.29, 1.82) is 0 Å². The number of ether oxygens (including phenoxy) is 2. The number of fused-ring (bicyclic) bond motifs is 8. The second kappa shape index (κ2) is 2.99. The van der Waals surface area contributed by atoms with Crippen molar-refractivity contribution in [3.63, 3.8) is 0 Å². The highest BCUT2D eigenvalue weighted by Crippen LogP contribution is 2.72. The highest BCUT2D eigenvalue weighted by molar-refractivity contribution is 5.84. The van der Waals surface area contributed by atoms with E-state index < -0.39 is 0 Å². The Bertz CT molecular complexity index is 509.